The monoisotopic (exact) mass is 281 g/mol. The average molecular weight is 281 g/mol. The molecule has 0 heterocycles. The van der Waals surface area contributed by atoms with Crippen LogP contribution in [0.5, 0.6) is 0 Å². The predicted octanol–water partition coefficient (Wildman–Crippen LogP) is 2.38. The van der Waals surface area contributed by atoms with Crippen LogP contribution >= 0.6 is 0 Å². The van der Waals surface area contributed by atoms with Crippen LogP contribution in [0.2, 0.25) is 0 Å². The van der Waals surface area contributed by atoms with Gasteiger partial charge in [0.15, 0.2) is 0 Å². The number of amides is 1. The molecule has 1 amide bonds. The maximum absolute atomic E-state index is 13.4. The van der Waals surface area contributed by atoms with Gasteiger partial charge in [0.1, 0.15) is 11.6 Å². The lowest BCUT2D eigenvalue weighted by atomic mass is 10.2. The number of carbonyl (C=O) groups is 1. The number of nitrogens with one attached hydrogen (secondary N) is 1. The molecule has 1 rings (SSSR count). The molecule has 6 heteroatoms. The molecule has 0 aliphatic rings. The molecule has 1 atom stereocenters. The van der Waals surface area contributed by atoms with Crippen LogP contribution in [-0.4, -0.2) is 30.4 Å². The quantitative estimate of drug-likeness (QED) is 0.871. The minimum atomic E-state index is -0.813. The van der Waals surface area contributed by atoms with Gasteiger partial charge < -0.3 is 5.32 Å². The van der Waals surface area contributed by atoms with Crippen LogP contribution in [-0.2, 0) is 4.79 Å². The van der Waals surface area contributed by atoms with E-state index < -0.39 is 17.5 Å². The van der Waals surface area contributed by atoms with Crippen LogP contribution in [0.4, 0.5) is 14.5 Å². The normalized spacial score (nSPS) is 12.0. The van der Waals surface area contributed by atoms with Crippen molar-refractivity contribution >= 4 is 11.6 Å². The van der Waals surface area contributed by atoms with Crippen molar-refractivity contribution in [1.82, 2.24) is 4.90 Å². The summed E-state index contributed by atoms with van der Waals surface area (Å²) in [5.74, 6) is -2.10. The van der Waals surface area contributed by atoms with Crippen LogP contribution in [0.25, 0.3) is 0 Å². The molecule has 1 unspecified atom stereocenters. The molecule has 0 bridgehead atoms. The Morgan fingerprint density at radius 3 is 2.75 bits per heavy atom. The molecule has 4 nitrogen and oxygen atoms in total. The highest BCUT2D eigenvalue weighted by Crippen LogP contribution is 2.14. The second-order valence-corrected chi connectivity index (χ2v) is 4.53. The number of carbonyl (C=O) groups excluding carboxylic acids is 1. The fourth-order valence-electron chi connectivity index (χ4n) is 1.72. The van der Waals surface area contributed by atoms with Crippen LogP contribution < -0.4 is 5.32 Å². The van der Waals surface area contributed by atoms with Gasteiger partial charge in [0.25, 0.3) is 0 Å². The molecule has 0 aliphatic heterocycles. The first-order valence-corrected chi connectivity index (χ1v) is 6.33. The van der Waals surface area contributed by atoms with E-state index in [0.29, 0.717) is 19.2 Å². The zero-order valence-corrected chi connectivity index (χ0v) is 11.5. The summed E-state index contributed by atoms with van der Waals surface area (Å²) in [5, 5.41) is 11.1. The summed E-state index contributed by atoms with van der Waals surface area (Å²) in [6, 6.07) is 5.06. The van der Waals surface area contributed by atoms with Crippen LogP contribution in [0.3, 0.4) is 0 Å². The number of halogens is 2. The summed E-state index contributed by atoms with van der Waals surface area (Å²) in [7, 11) is 0. The molecule has 108 valence electrons. The van der Waals surface area contributed by atoms with Gasteiger partial charge in [0.2, 0.25) is 5.91 Å². The average Bonchev–Trinajstić information content (AvgIpc) is 2.41. The lowest BCUT2D eigenvalue weighted by Gasteiger charge is -2.20. The maximum Gasteiger partial charge on any atom is 0.238 e. The topological polar surface area (TPSA) is 56.1 Å². The molecule has 0 aliphatic carbocycles. The van der Waals surface area contributed by atoms with E-state index in [4.69, 9.17) is 5.26 Å². The molecule has 0 aromatic heterocycles. The number of benzene rings is 1. The Balaban J connectivity index is 2.60. The molecular weight excluding hydrogens is 264 g/mol. The van der Waals surface area contributed by atoms with Crippen molar-refractivity contribution in [2.45, 2.75) is 13.8 Å². The molecule has 0 fully saturated rings. The molecule has 1 N–H and O–H groups in total. The van der Waals surface area contributed by atoms with E-state index in [0.717, 1.165) is 6.07 Å². The molecule has 20 heavy (non-hydrogen) atoms. The lowest BCUT2D eigenvalue weighted by Crippen LogP contribution is -2.36. The van der Waals surface area contributed by atoms with Gasteiger partial charge in [-0.25, -0.2) is 8.78 Å². The van der Waals surface area contributed by atoms with Gasteiger partial charge >= 0.3 is 0 Å². The third kappa shape index (κ3) is 4.94. The van der Waals surface area contributed by atoms with Crippen LogP contribution in [0.15, 0.2) is 18.2 Å². The minimum absolute atomic E-state index is 0.0548. The van der Waals surface area contributed by atoms with E-state index in [1.807, 2.05) is 6.92 Å². The molecule has 0 radical (unpaired) electrons. The maximum atomic E-state index is 13.4. The Bertz CT molecular complexity index is 514. The van der Waals surface area contributed by atoms with Crippen molar-refractivity contribution < 1.29 is 13.6 Å². The van der Waals surface area contributed by atoms with Crippen LogP contribution in [0, 0.1) is 28.9 Å². The lowest BCUT2D eigenvalue weighted by molar-refractivity contribution is -0.117. The van der Waals surface area contributed by atoms with Crippen LogP contribution in [0.1, 0.15) is 13.8 Å². The Hall–Kier alpha value is -2.00. The van der Waals surface area contributed by atoms with E-state index in [-0.39, 0.29) is 18.2 Å². The predicted molar refractivity (Wildman–Crippen MR) is 71.9 cm³/mol. The second-order valence-electron chi connectivity index (χ2n) is 4.53. The number of likely N-dealkylation sites (N-methyl/N-ethyl adjacent to an activating group) is 1. The fraction of sp³-hybridized carbons (Fsp3) is 0.429. The number of anilines is 1. The Kier molecular flexibility index (Phi) is 6.07. The minimum Gasteiger partial charge on any atom is -0.322 e. The summed E-state index contributed by atoms with van der Waals surface area (Å²) in [5.41, 5.74) is -0.0548. The van der Waals surface area contributed by atoms with Crippen molar-refractivity contribution in [1.29, 1.82) is 5.26 Å². The number of rotatable bonds is 6. The van der Waals surface area contributed by atoms with E-state index in [2.05, 4.69) is 11.4 Å². The van der Waals surface area contributed by atoms with Gasteiger partial charge in [0.05, 0.1) is 24.2 Å². The molecule has 0 saturated heterocycles. The molecule has 1 aromatic carbocycles. The largest absolute Gasteiger partial charge is 0.322 e. The van der Waals surface area contributed by atoms with Gasteiger partial charge in [-0.1, -0.05) is 6.92 Å². The first-order valence-electron chi connectivity index (χ1n) is 6.33. The summed E-state index contributed by atoms with van der Waals surface area (Å²) in [6.07, 6.45) is 0. The number of hydrogen-bond acceptors (Lipinski definition) is 3. The molecule has 0 saturated carbocycles. The van der Waals surface area contributed by atoms with Gasteiger partial charge in [0, 0.05) is 12.6 Å². The zero-order chi connectivity index (χ0) is 15.1. The number of nitriles is 1. The molecular formula is C14H17F2N3O. The summed E-state index contributed by atoms with van der Waals surface area (Å²) >= 11 is 0. The highest BCUT2D eigenvalue weighted by Gasteiger charge is 2.14. The Morgan fingerprint density at radius 2 is 2.20 bits per heavy atom. The fourth-order valence-corrected chi connectivity index (χ4v) is 1.72. The van der Waals surface area contributed by atoms with Crippen molar-refractivity contribution in [2.24, 2.45) is 5.92 Å². The van der Waals surface area contributed by atoms with Gasteiger partial charge in [-0.05, 0) is 25.6 Å². The van der Waals surface area contributed by atoms with E-state index >= 15 is 0 Å². The zero-order valence-electron chi connectivity index (χ0n) is 11.5. The third-order valence-electron chi connectivity index (χ3n) is 2.77. The third-order valence-corrected chi connectivity index (χ3v) is 2.77. The van der Waals surface area contributed by atoms with Gasteiger partial charge in [-0.2, -0.15) is 5.26 Å². The summed E-state index contributed by atoms with van der Waals surface area (Å²) in [6.45, 7) is 4.76. The smallest absolute Gasteiger partial charge is 0.238 e. The first kappa shape index (κ1) is 16.1. The van der Waals surface area contributed by atoms with E-state index in [1.54, 1.807) is 11.8 Å². The Morgan fingerprint density at radius 1 is 1.50 bits per heavy atom. The van der Waals surface area contributed by atoms with Crippen molar-refractivity contribution in [3.05, 3.63) is 29.8 Å². The van der Waals surface area contributed by atoms with Gasteiger partial charge in [-0.15, -0.1) is 0 Å². The SMILES string of the molecule is CCN(CC(=O)Nc1ccc(F)cc1F)CC(C)C#N. The number of hydrogen-bond donors (Lipinski definition) is 1. The number of nitrogens with zero attached hydrogens (tertiary/aromatic N) is 2. The molecule has 1 aromatic rings. The molecule has 0 spiro atoms. The van der Waals surface area contributed by atoms with Crippen molar-refractivity contribution in [3.63, 3.8) is 0 Å². The van der Waals surface area contributed by atoms with Crippen molar-refractivity contribution in [2.75, 3.05) is 25.0 Å². The van der Waals surface area contributed by atoms with Crippen molar-refractivity contribution in [3.8, 4) is 6.07 Å². The highest BCUT2D eigenvalue weighted by molar-refractivity contribution is 5.92. The van der Waals surface area contributed by atoms with Gasteiger partial charge in [-0.3, -0.25) is 9.69 Å². The second kappa shape index (κ2) is 7.56. The summed E-state index contributed by atoms with van der Waals surface area (Å²) < 4.78 is 26.1. The van der Waals surface area contributed by atoms with E-state index in [1.165, 1.54) is 6.07 Å². The summed E-state index contributed by atoms with van der Waals surface area (Å²) in [4.78, 5) is 13.6. The Labute approximate surface area is 117 Å². The van der Waals surface area contributed by atoms with E-state index in [9.17, 15) is 13.6 Å². The highest BCUT2D eigenvalue weighted by atomic mass is 19.1. The standard InChI is InChI=1S/C14H17F2N3O/c1-3-19(8-10(2)7-17)9-14(20)18-13-5-4-11(15)6-12(13)16/h4-6,10H,3,8-9H2,1-2H3,(H,18,20). The first-order chi connectivity index (χ1) is 9.46.